The minimum atomic E-state index is -0.671. The highest BCUT2D eigenvalue weighted by molar-refractivity contribution is 5.80. The van der Waals surface area contributed by atoms with E-state index < -0.39 is 6.04 Å². The van der Waals surface area contributed by atoms with Crippen LogP contribution in [0.1, 0.15) is 30.5 Å². The van der Waals surface area contributed by atoms with Crippen LogP contribution >= 0.6 is 0 Å². The molecule has 0 radical (unpaired) electrons. The van der Waals surface area contributed by atoms with Crippen LogP contribution in [0.4, 0.5) is 0 Å². The van der Waals surface area contributed by atoms with Gasteiger partial charge in [-0.1, -0.05) is 41.9 Å². The fourth-order valence-corrected chi connectivity index (χ4v) is 3.25. The molecular weight excluding hydrogens is 408 g/mol. The molecular formula is C23H22N6O3. The predicted molar refractivity (Wildman–Crippen MR) is 117 cm³/mol. The Morgan fingerprint density at radius 3 is 2.69 bits per heavy atom. The lowest BCUT2D eigenvalue weighted by Crippen LogP contribution is -2.36. The Balaban J connectivity index is 1.55. The summed E-state index contributed by atoms with van der Waals surface area (Å²) in [6.45, 7) is 4.25. The van der Waals surface area contributed by atoms with Crippen LogP contribution in [0.15, 0.2) is 70.5 Å². The standard InChI is InChI=1S/C23H22N6O3/c1-3-19(22(31)26-12-16-6-4-15(2)5-7-16)29-14-17(8-9-20(29)30)23-27-21(28-32-23)18-13-24-10-11-25-18/h4-11,13-14,19H,3,12H2,1-2H3,(H,26,31)/t19-/m0/s1. The van der Waals surface area contributed by atoms with Crippen LogP contribution in [-0.2, 0) is 11.3 Å². The summed E-state index contributed by atoms with van der Waals surface area (Å²) in [6, 6.07) is 10.2. The molecule has 0 aliphatic heterocycles. The Kier molecular flexibility index (Phi) is 6.16. The Hall–Kier alpha value is -4.14. The first-order valence-corrected chi connectivity index (χ1v) is 10.2. The SMILES string of the molecule is CC[C@@H](C(=O)NCc1ccc(C)cc1)n1cc(-c2nc(-c3cnccn3)no2)ccc1=O. The van der Waals surface area contributed by atoms with Crippen LogP contribution in [0.3, 0.4) is 0 Å². The molecule has 0 bridgehead atoms. The van der Waals surface area contributed by atoms with Crippen molar-refractivity contribution in [3.8, 4) is 23.0 Å². The number of pyridine rings is 1. The fourth-order valence-electron chi connectivity index (χ4n) is 3.25. The molecule has 9 heteroatoms. The van der Waals surface area contributed by atoms with Crippen molar-refractivity contribution in [1.82, 2.24) is 30.0 Å². The number of hydrogen-bond acceptors (Lipinski definition) is 7. The van der Waals surface area contributed by atoms with Gasteiger partial charge >= 0.3 is 0 Å². The molecule has 0 aliphatic carbocycles. The van der Waals surface area contributed by atoms with E-state index in [1.54, 1.807) is 18.5 Å². The molecule has 1 amide bonds. The Morgan fingerprint density at radius 1 is 1.16 bits per heavy atom. The smallest absolute Gasteiger partial charge is 0.259 e. The number of nitrogens with one attached hydrogen (secondary N) is 1. The molecule has 32 heavy (non-hydrogen) atoms. The van der Waals surface area contributed by atoms with Gasteiger partial charge in [-0.05, 0) is 25.0 Å². The Bertz CT molecular complexity index is 1260. The molecule has 3 aromatic heterocycles. The van der Waals surface area contributed by atoms with Crippen LogP contribution < -0.4 is 10.9 Å². The first kappa shape index (κ1) is 21.1. The summed E-state index contributed by atoms with van der Waals surface area (Å²) in [5.74, 6) is 0.265. The van der Waals surface area contributed by atoms with Gasteiger partial charge in [0, 0.05) is 31.2 Å². The summed E-state index contributed by atoms with van der Waals surface area (Å²) >= 11 is 0. The fraction of sp³-hybridized carbons (Fsp3) is 0.217. The van der Waals surface area contributed by atoms with E-state index in [0.717, 1.165) is 11.1 Å². The highest BCUT2D eigenvalue weighted by Gasteiger charge is 2.21. The maximum Gasteiger partial charge on any atom is 0.259 e. The lowest BCUT2D eigenvalue weighted by molar-refractivity contribution is -0.124. The molecule has 3 heterocycles. The second-order valence-electron chi connectivity index (χ2n) is 7.30. The monoisotopic (exact) mass is 430 g/mol. The van der Waals surface area contributed by atoms with Crippen molar-refractivity contribution in [2.45, 2.75) is 32.9 Å². The van der Waals surface area contributed by atoms with Gasteiger partial charge in [0.1, 0.15) is 11.7 Å². The van der Waals surface area contributed by atoms with E-state index >= 15 is 0 Å². The number of aromatic nitrogens is 5. The molecule has 0 aliphatic rings. The minimum Gasteiger partial charge on any atom is -0.350 e. The topological polar surface area (TPSA) is 116 Å². The number of hydrogen-bond donors (Lipinski definition) is 1. The average Bonchev–Trinajstić information content (AvgIpc) is 3.31. The first-order chi connectivity index (χ1) is 15.5. The summed E-state index contributed by atoms with van der Waals surface area (Å²) in [6.07, 6.45) is 6.62. The number of aryl methyl sites for hydroxylation is 1. The summed E-state index contributed by atoms with van der Waals surface area (Å²) in [5.41, 5.74) is 2.84. The highest BCUT2D eigenvalue weighted by Crippen LogP contribution is 2.21. The van der Waals surface area contributed by atoms with Crippen molar-refractivity contribution in [3.05, 3.63) is 82.7 Å². The zero-order chi connectivity index (χ0) is 22.5. The van der Waals surface area contributed by atoms with Gasteiger partial charge in [-0.2, -0.15) is 4.98 Å². The molecule has 0 saturated carbocycles. The van der Waals surface area contributed by atoms with E-state index in [1.165, 1.54) is 23.0 Å². The van der Waals surface area contributed by atoms with E-state index in [4.69, 9.17) is 4.52 Å². The van der Waals surface area contributed by atoms with E-state index in [2.05, 4.69) is 25.4 Å². The summed E-state index contributed by atoms with van der Waals surface area (Å²) < 4.78 is 6.74. The quantitative estimate of drug-likeness (QED) is 0.479. The summed E-state index contributed by atoms with van der Waals surface area (Å²) in [7, 11) is 0. The second kappa shape index (κ2) is 9.34. The molecule has 0 unspecified atom stereocenters. The van der Waals surface area contributed by atoms with Gasteiger partial charge in [0.15, 0.2) is 0 Å². The van der Waals surface area contributed by atoms with Crippen LogP contribution in [0.25, 0.3) is 23.0 Å². The first-order valence-electron chi connectivity index (χ1n) is 10.2. The molecule has 9 nitrogen and oxygen atoms in total. The number of nitrogens with zero attached hydrogens (tertiary/aromatic N) is 5. The van der Waals surface area contributed by atoms with Gasteiger partial charge in [0.05, 0.1) is 11.8 Å². The van der Waals surface area contributed by atoms with Crippen molar-refractivity contribution < 1.29 is 9.32 Å². The van der Waals surface area contributed by atoms with Crippen molar-refractivity contribution in [2.75, 3.05) is 0 Å². The molecule has 0 fully saturated rings. The maximum atomic E-state index is 12.9. The maximum absolute atomic E-state index is 12.9. The largest absolute Gasteiger partial charge is 0.350 e. The molecule has 4 aromatic rings. The van der Waals surface area contributed by atoms with Crippen LogP contribution in [-0.4, -0.2) is 30.6 Å². The molecule has 4 rings (SSSR count). The van der Waals surface area contributed by atoms with Gasteiger partial charge < -0.3 is 14.4 Å². The molecule has 1 N–H and O–H groups in total. The van der Waals surface area contributed by atoms with Gasteiger partial charge in [0.2, 0.25) is 11.7 Å². The molecule has 162 valence electrons. The van der Waals surface area contributed by atoms with E-state index in [9.17, 15) is 9.59 Å². The van der Waals surface area contributed by atoms with Crippen molar-refractivity contribution in [2.24, 2.45) is 0 Å². The van der Waals surface area contributed by atoms with Crippen LogP contribution in [0.5, 0.6) is 0 Å². The number of carbonyl (C=O) groups is 1. The average molecular weight is 430 g/mol. The number of benzene rings is 1. The lowest BCUT2D eigenvalue weighted by Gasteiger charge is -2.18. The predicted octanol–water partition coefficient (Wildman–Crippen LogP) is 2.93. The number of carbonyl (C=O) groups excluding carboxylic acids is 1. The van der Waals surface area contributed by atoms with Gasteiger partial charge in [0.25, 0.3) is 11.4 Å². The van der Waals surface area contributed by atoms with Crippen LogP contribution in [0, 0.1) is 6.92 Å². The summed E-state index contributed by atoms with van der Waals surface area (Å²) in [4.78, 5) is 37.9. The summed E-state index contributed by atoms with van der Waals surface area (Å²) in [5, 5.41) is 6.84. The molecule has 0 saturated heterocycles. The molecule has 0 spiro atoms. The molecule has 1 atom stereocenters. The van der Waals surface area contributed by atoms with Crippen molar-refractivity contribution in [3.63, 3.8) is 0 Å². The zero-order valence-corrected chi connectivity index (χ0v) is 17.7. The van der Waals surface area contributed by atoms with Crippen LogP contribution in [0.2, 0.25) is 0 Å². The lowest BCUT2D eigenvalue weighted by atomic mass is 10.1. The third-order valence-corrected chi connectivity index (χ3v) is 5.02. The Morgan fingerprint density at radius 2 is 1.97 bits per heavy atom. The minimum absolute atomic E-state index is 0.217. The van der Waals surface area contributed by atoms with Gasteiger partial charge in [-0.25, -0.2) is 4.98 Å². The van der Waals surface area contributed by atoms with Gasteiger partial charge in [-0.3, -0.25) is 14.6 Å². The second-order valence-corrected chi connectivity index (χ2v) is 7.30. The third kappa shape index (κ3) is 4.61. The third-order valence-electron chi connectivity index (χ3n) is 5.02. The van der Waals surface area contributed by atoms with Crippen molar-refractivity contribution >= 4 is 5.91 Å². The van der Waals surface area contributed by atoms with E-state index in [-0.39, 0.29) is 23.2 Å². The Labute approximate surface area is 184 Å². The zero-order valence-electron chi connectivity index (χ0n) is 17.7. The highest BCUT2D eigenvalue weighted by atomic mass is 16.5. The number of amides is 1. The number of rotatable bonds is 7. The normalized spacial score (nSPS) is 11.8. The van der Waals surface area contributed by atoms with E-state index in [1.807, 2.05) is 38.1 Å². The molecule has 1 aromatic carbocycles. The van der Waals surface area contributed by atoms with Crippen molar-refractivity contribution in [1.29, 1.82) is 0 Å². The van der Waals surface area contributed by atoms with E-state index in [0.29, 0.717) is 24.2 Å². The van der Waals surface area contributed by atoms with Gasteiger partial charge in [-0.15, -0.1) is 0 Å².